The van der Waals surface area contributed by atoms with Crippen LogP contribution in [-0.4, -0.2) is 69.5 Å². The third-order valence-corrected chi connectivity index (χ3v) is 7.38. The molecule has 0 saturated carbocycles. The third-order valence-electron chi connectivity index (χ3n) is 5.69. The Hall–Kier alpha value is -4.55. The van der Waals surface area contributed by atoms with Gasteiger partial charge in [0, 0.05) is 32.7 Å². The number of hydrogen-bond acceptors (Lipinski definition) is 11. The molecule has 0 aliphatic carbocycles. The molecule has 0 bridgehead atoms. The van der Waals surface area contributed by atoms with Crippen LogP contribution in [0.25, 0.3) is 17.2 Å². The molecule has 0 spiro atoms. The van der Waals surface area contributed by atoms with Crippen LogP contribution in [0, 0.1) is 11.3 Å². The normalized spacial score (nSPS) is 12.9. The van der Waals surface area contributed by atoms with Crippen LogP contribution >= 0.6 is 0 Å². The molecule has 0 aliphatic heterocycles. The van der Waals surface area contributed by atoms with E-state index in [0.717, 1.165) is 0 Å². The number of methoxy groups -OCH3 is 3. The Morgan fingerprint density at radius 3 is 2.24 bits per heavy atom. The average molecular weight is 540 g/mol. The Balaban J connectivity index is 1.81. The van der Waals surface area contributed by atoms with Gasteiger partial charge in [0.25, 0.3) is 0 Å². The van der Waals surface area contributed by atoms with E-state index in [9.17, 15) is 8.42 Å². The van der Waals surface area contributed by atoms with Gasteiger partial charge < -0.3 is 14.2 Å². The molecule has 0 radical (unpaired) electrons. The molecule has 15 heteroatoms. The van der Waals surface area contributed by atoms with Crippen LogP contribution in [0.15, 0.2) is 42.9 Å². The zero-order valence-electron chi connectivity index (χ0n) is 21.2. The number of nitriles is 1. The number of aryl methyl sites for hydroxylation is 1. The molecule has 38 heavy (non-hydrogen) atoms. The van der Waals surface area contributed by atoms with E-state index in [4.69, 9.17) is 19.5 Å². The Bertz CT molecular complexity index is 1550. The van der Waals surface area contributed by atoms with E-state index in [1.165, 1.54) is 45.2 Å². The van der Waals surface area contributed by atoms with E-state index in [1.54, 1.807) is 42.2 Å². The van der Waals surface area contributed by atoms with Gasteiger partial charge in [0.2, 0.25) is 16.0 Å². The molecule has 14 nitrogen and oxygen atoms in total. The van der Waals surface area contributed by atoms with E-state index in [2.05, 4.69) is 30.0 Å². The van der Waals surface area contributed by atoms with Crippen molar-refractivity contribution in [3.05, 3.63) is 54.2 Å². The molecule has 0 fully saturated rings. The van der Waals surface area contributed by atoms with Crippen LogP contribution in [-0.2, 0) is 21.8 Å². The topological polar surface area (TPSA) is 172 Å². The minimum Gasteiger partial charge on any atom is -0.494 e. The zero-order valence-corrected chi connectivity index (χ0v) is 22.0. The first-order chi connectivity index (χ1) is 18.2. The summed E-state index contributed by atoms with van der Waals surface area (Å²) in [6, 6.07) is 8.77. The summed E-state index contributed by atoms with van der Waals surface area (Å²) in [5.41, 5.74) is 1.04. The van der Waals surface area contributed by atoms with Gasteiger partial charge in [-0.25, -0.2) is 18.4 Å². The highest BCUT2D eigenvalue weighted by Crippen LogP contribution is 2.37. The smallest absolute Gasteiger partial charge is 0.243 e. The Morgan fingerprint density at radius 2 is 1.71 bits per heavy atom. The van der Waals surface area contributed by atoms with Crippen molar-refractivity contribution in [2.24, 2.45) is 7.05 Å². The number of ether oxygens (including phenoxy) is 3. The number of nitrogens with zero attached hydrogens (tertiary/aromatic N) is 8. The summed E-state index contributed by atoms with van der Waals surface area (Å²) in [7, 11) is 1.88. The second-order valence-corrected chi connectivity index (χ2v) is 10.1. The van der Waals surface area contributed by atoms with Crippen molar-refractivity contribution in [1.29, 1.82) is 5.26 Å². The number of sulfonamides is 1. The highest BCUT2D eigenvalue weighted by atomic mass is 32.2. The lowest BCUT2D eigenvalue weighted by molar-refractivity contribution is 0.0950. The fourth-order valence-corrected chi connectivity index (χ4v) is 4.88. The van der Waals surface area contributed by atoms with Gasteiger partial charge in [-0.2, -0.15) is 10.4 Å². The molecule has 2 unspecified atom stereocenters. The molecule has 1 N–H and O–H groups in total. The van der Waals surface area contributed by atoms with E-state index in [0.29, 0.717) is 22.9 Å². The van der Waals surface area contributed by atoms with E-state index >= 15 is 0 Å². The Morgan fingerprint density at radius 1 is 1.05 bits per heavy atom. The molecule has 4 rings (SSSR count). The molecule has 3 aromatic heterocycles. The molecular weight excluding hydrogens is 514 g/mol. The molecule has 1 aromatic carbocycles. The maximum Gasteiger partial charge on any atom is 0.243 e. The molecule has 198 valence electrons. The summed E-state index contributed by atoms with van der Waals surface area (Å²) in [5.74, 6) is 0.992. The van der Waals surface area contributed by atoms with Crippen molar-refractivity contribution in [1.82, 2.24) is 34.5 Å². The quantitative estimate of drug-likeness (QED) is 0.312. The van der Waals surface area contributed by atoms with E-state index in [1.807, 2.05) is 6.07 Å². The summed E-state index contributed by atoms with van der Waals surface area (Å²) in [5, 5.41) is 20.6. The van der Waals surface area contributed by atoms with E-state index < -0.39 is 21.4 Å². The van der Waals surface area contributed by atoms with Crippen LogP contribution < -0.4 is 14.2 Å². The number of hydrogen-bond donors (Lipinski definition) is 1. The number of rotatable bonds is 10. The summed E-state index contributed by atoms with van der Waals surface area (Å²) in [4.78, 5) is 8.18. The summed E-state index contributed by atoms with van der Waals surface area (Å²) in [6.45, 7) is 1.45. The molecule has 0 amide bonds. The highest BCUT2D eigenvalue weighted by molar-refractivity contribution is 7.93. The lowest BCUT2D eigenvalue weighted by Crippen LogP contribution is -2.33. The molecule has 3 heterocycles. The molecule has 0 aliphatic rings. The van der Waals surface area contributed by atoms with Crippen molar-refractivity contribution < 1.29 is 22.6 Å². The Labute approximate surface area is 218 Å². The third kappa shape index (κ3) is 4.99. The Kier molecular flexibility index (Phi) is 7.55. The van der Waals surface area contributed by atoms with Gasteiger partial charge in [0.05, 0.1) is 19.8 Å². The highest BCUT2D eigenvalue weighted by Gasteiger charge is 2.35. The number of nitrogens with one attached hydrogen (secondary N) is 1. The van der Waals surface area contributed by atoms with Gasteiger partial charge in [0.15, 0.2) is 11.6 Å². The predicted octanol–water partition coefficient (Wildman–Crippen LogP) is 1.86. The lowest BCUT2D eigenvalue weighted by atomic mass is 10.2. The largest absolute Gasteiger partial charge is 0.494 e. The SMILES string of the molecule is COc1cccc(OC)c1-n1c(NS(=O)(=O)C(C)C(OC)c2ncc(C#N)cn2)nnc1-c1ccn(C)n1. The molecule has 0 saturated heterocycles. The molecule has 2 atom stereocenters. The molecule has 4 aromatic rings. The van der Waals surface area contributed by atoms with Gasteiger partial charge in [-0.1, -0.05) is 6.07 Å². The van der Waals surface area contributed by atoms with E-state index in [-0.39, 0.29) is 23.2 Å². The first-order valence-electron chi connectivity index (χ1n) is 11.2. The fourth-order valence-electron chi connectivity index (χ4n) is 3.75. The standard InChI is InChI=1S/C23H25N9O5S/c1-14(20(37-5)21-25-12-15(11-24)13-26-21)38(33,34)30-23-28-27-22(16-9-10-31(2)29-16)32(23)19-17(35-3)7-6-8-18(19)36-4/h6-10,12-14,20H,1-5H3,(H,28,30). The minimum absolute atomic E-state index is 0.103. The van der Waals surface area contributed by atoms with Crippen LogP contribution in [0.5, 0.6) is 11.5 Å². The van der Waals surface area contributed by atoms with Crippen LogP contribution in [0.2, 0.25) is 0 Å². The average Bonchev–Trinajstić information content (AvgIpc) is 3.54. The van der Waals surface area contributed by atoms with Gasteiger partial charge in [-0.15, -0.1) is 10.2 Å². The van der Waals surface area contributed by atoms with Crippen LogP contribution in [0.4, 0.5) is 5.95 Å². The summed E-state index contributed by atoms with van der Waals surface area (Å²) in [6.07, 6.45) is 3.27. The number of para-hydroxylation sites is 1. The van der Waals surface area contributed by atoms with Crippen molar-refractivity contribution in [2.75, 3.05) is 26.1 Å². The maximum atomic E-state index is 13.6. The van der Waals surface area contributed by atoms with Gasteiger partial charge in [-0.05, 0) is 25.1 Å². The summed E-state index contributed by atoms with van der Waals surface area (Å²) < 4.78 is 49.3. The second-order valence-electron chi connectivity index (χ2n) is 8.02. The first kappa shape index (κ1) is 26.5. The second kappa shape index (κ2) is 10.8. The molecular formula is C23H25N9O5S. The van der Waals surface area contributed by atoms with Crippen molar-refractivity contribution in [3.8, 4) is 34.8 Å². The van der Waals surface area contributed by atoms with Crippen molar-refractivity contribution in [2.45, 2.75) is 18.3 Å². The zero-order chi connectivity index (χ0) is 27.4. The number of aromatic nitrogens is 7. The first-order valence-corrected chi connectivity index (χ1v) is 12.7. The van der Waals surface area contributed by atoms with Crippen molar-refractivity contribution in [3.63, 3.8) is 0 Å². The summed E-state index contributed by atoms with van der Waals surface area (Å²) >= 11 is 0. The van der Waals surface area contributed by atoms with Gasteiger partial charge in [0.1, 0.15) is 40.3 Å². The predicted molar refractivity (Wildman–Crippen MR) is 135 cm³/mol. The number of benzene rings is 1. The number of anilines is 1. The fraction of sp³-hybridized carbons (Fsp3) is 0.304. The monoisotopic (exact) mass is 539 g/mol. The minimum atomic E-state index is -4.17. The van der Waals surface area contributed by atoms with Crippen LogP contribution in [0.3, 0.4) is 0 Å². The van der Waals surface area contributed by atoms with Crippen molar-refractivity contribution >= 4 is 16.0 Å². The van der Waals surface area contributed by atoms with Crippen LogP contribution in [0.1, 0.15) is 24.4 Å². The van der Waals surface area contributed by atoms with Gasteiger partial charge >= 0.3 is 0 Å². The maximum absolute atomic E-state index is 13.6. The van der Waals surface area contributed by atoms with Gasteiger partial charge in [-0.3, -0.25) is 14.0 Å². The lowest BCUT2D eigenvalue weighted by Gasteiger charge is -2.22.